The summed E-state index contributed by atoms with van der Waals surface area (Å²) >= 11 is 0. The Morgan fingerprint density at radius 1 is 0.514 bits per heavy atom. The molecular weight excluding hydrogens is 472 g/mol. The van der Waals surface area contributed by atoms with E-state index in [1.165, 1.54) is 12.4 Å². The monoisotopic (exact) mass is 492 g/mol. The Morgan fingerprint density at radius 2 is 0.865 bits per heavy atom. The number of anilines is 3. The first-order valence-corrected chi connectivity index (χ1v) is 11.4. The van der Waals surface area contributed by atoms with E-state index in [4.69, 9.17) is 13.3 Å². The molecular formula is C28H20N4O5. The van der Waals surface area contributed by atoms with Gasteiger partial charge in [0.05, 0.1) is 6.20 Å². The first-order chi connectivity index (χ1) is 18.0. The van der Waals surface area contributed by atoms with E-state index in [0.717, 1.165) is 39.5 Å². The number of oxazole rings is 3. The third-order valence-corrected chi connectivity index (χ3v) is 5.73. The van der Waals surface area contributed by atoms with Gasteiger partial charge < -0.3 is 28.4 Å². The van der Waals surface area contributed by atoms with Crippen LogP contribution in [0.1, 0.15) is 5.76 Å². The van der Waals surface area contributed by atoms with Crippen molar-refractivity contribution in [3.8, 4) is 46.3 Å². The molecule has 9 nitrogen and oxygen atoms in total. The van der Waals surface area contributed by atoms with Crippen LogP contribution in [0.15, 0.2) is 105 Å². The van der Waals surface area contributed by atoms with E-state index < -0.39 is 0 Å². The lowest BCUT2D eigenvalue weighted by atomic mass is 10.1. The maximum Gasteiger partial charge on any atom is 0.302 e. The van der Waals surface area contributed by atoms with E-state index in [9.17, 15) is 10.2 Å². The summed E-state index contributed by atoms with van der Waals surface area (Å²) in [6.07, 6.45) is 4.23. The van der Waals surface area contributed by atoms with Crippen molar-refractivity contribution in [2.45, 2.75) is 6.92 Å². The van der Waals surface area contributed by atoms with Crippen molar-refractivity contribution >= 4 is 17.1 Å². The average Bonchev–Trinajstić information content (AvgIpc) is 3.67. The largest absolute Gasteiger partial charge is 0.480 e. The molecule has 0 aliphatic rings. The molecule has 0 aliphatic carbocycles. The molecule has 0 amide bonds. The van der Waals surface area contributed by atoms with E-state index in [1.54, 1.807) is 6.20 Å². The smallest absolute Gasteiger partial charge is 0.302 e. The lowest BCUT2D eigenvalue weighted by molar-refractivity contribution is 0.336. The molecule has 3 aromatic carbocycles. The fourth-order valence-electron chi connectivity index (χ4n) is 3.99. The summed E-state index contributed by atoms with van der Waals surface area (Å²) in [5, 5.41) is 19.0. The Kier molecular flexibility index (Phi) is 5.42. The molecule has 0 saturated carbocycles. The van der Waals surface area contributed by atoms with Gasteiger partial charge in [-0.05, 0) is 79.7 Å². The highest BCUT2D eigenvalue weighted by Gasteiger charge is 2.16. The van der Waals surface area contributed by atoms with Gasteiger partial charge in [-0.25, -0.2) is 15.0 Å². The quantitative estimate of drug-likeness (QED) is 0.257. The van der Waals surface area contributed by atoms with Crippen molar-refractivity contribution in [1.82, 2.24) is 15.0 Å². The second-order valence-corrected chi connectivity index (χ2v) is 8.26. The van der Waals surface area contributed by atoms with Crippen molar-refractivity contribution in [3.63, 3.8) is 0 Å². The van der Waals surface area contributed by atoms with Gasteiger partial charge in [0.1, 0.15) is 18.2 Å². The Morgan fingerprint density at radius 3 is 1.16 bits per heavy atom. The number of rotatable bonds is 6. The zero-order valence-electron chi connectivity index (χ0n) is 19.6. The molecule has 0 radical (unpaired) electrons. The summed E-state index contributed by atoms with van der Waals surface area (Å²) in [6.45, 7) is 1.86. The normalized spacial score (nSPS) is 11.1. The number of aromatic hydroxyl groups is 2. The van der Waals surface area contributed by atoms with Gasteiger partial charge in [-0.2, -0.15) is 0 Å². The number of nitrogens with zero attached hydrogens (tertiary/aromatic N) is 4. The van der Waals surface area contributed by atoms with Gasteiger partial charge >= 0.3 is 11.9 Å². The Hall–Kier alpha value is -5.31. The lowest BCUT2D eigenvalue weighted by Gasteiger charge is -2.26. The Labute approximate surface area is 210 Å². The van der Waals surface area contributed by atoms with Gasteiger partial charge in [0.25, 0.3) is 0 Å². The second-order valence-electron chi connectivity index (χ2n) is 8.26. The molecule has 0 atom stereocenters. The maximum absolute atomic E-state index is 9.49. The van der Waals surface area contributed by atoms with Crippen molar-refractivity contribution in [2.24, 2.45) is 0 Å². The van der Waals surface area contributed by atoms with E-state index in [-0.39, 0.29) is 11.9 Å². The first kappa shape index (κ1) is 22.2. The fraction of sp³-hybridized carbons (Fsp3) is 0.0357. The van der Waals surface area contributed by atoms with Crippen LogP contribution in [0.3, 0.4) is 0 Å². The number of benzene rings is 3. The summed E-state index contributed by atoms with van der Waals surface area (Å²) < 4.78 is 16.1. The van der Waals surface area contributed by atoms with Gasteiger partial charge in [-0.15, -0.1) is 0 Å². The number of aryl methyl sites for hydroxylation is 1. The van der Waals surface area contributed by atoms with Crippen molar-refractivity contribution < 1.29 is 23.5 Å². The standard InChI is InChI=1S/C28H20N4O5/c1-17-14-29-26(35-17)18-2-8-21(9-3-18)32(22-10-4-19(5-11-22)27-30-15-24(33)36-27)23-12-6-20(7-13-23)28-31-16-25(34)37-28/h2-16,33-34H,1H3. The van der Waals surface area contributed by atoms with E-state index in [2.05, 4.69) is 19.9 Å². The third kappa shape index (κ3) is 4.41. The van der Waals surface area contributed by atoms with Crippen LogP contribution >= 0.6 is 0 Å². The van der Waals surface area contributed by atoms with Crippen LogP contribution in [-0.2, 0) is 0 Å². The van der Waals surface area contributed by atoms with Gasteiger partial charge in [-0.1, -0.05) is 0 Å². The zero-order valence-corrected chi connectivity index (χ0v) is 19.6. The summed E-state index contributed by atoms with van der Waals surface area (Å²) in [4.78, 5) is 14.6. The Balaban J connectivity index is 1.38. The predicted octanol–water partition coefficient (Wildman–Crippen LogP) is 6.84. The number of hydrogen-bond acceptors (Lipinski definition) is 9. The number of hydrogen-bond donors (Lipinski definition) is 2. The molecule has 182 valence electrons. The molecule has 3 aromatic heterocycles. The molecule has 0 spiro atoms. The molecule has 9 heteroatoms. The topological polar surface area (TPSA) is 122 Å². The fourth-order valence-corrected chi connectivity index (χ4v) is 3.99. The summed E-state index contributed by atoms with van der Waals surface area (Å²) in [6, 6.07) is 23.2. The molecule has 3 heterocycles. The Bertz CT molecular complexity index is 1450. The van der Waals surface area contributed by atoms with Crippen LogP contribution in [0, 0.1) is 6.92 Å². The minimum atomic E-state index is -0.235. The van der Waals surface area contributed by atoms with Gasteiger partial charge in [0, 0.05) is 33.8 Å². The predicted molar refractivity (Wildman–Crippen MR) is 136 cm³/mol. The molecule has 0 saturated heterocycles. The van der Waals surface area contributed by atoms with Crippen LogP contribution in [0.2, 0.25) is 0 Å². The van der Waals surface area contributed by atoms with Crippen LogP contribution < -0.4 is 4.90 Å². The van der Waals surface area contributed by atoms with Crippen LogP contribution in [-0.4, -0.2) is 25.2 Å². The zero-order chi connectivity index (χ0) is 25.4. The summed E-state index contributed by atoms with van der Waals surface area (Å²) in [5.74, 6) is 1.51. The van der Waals surface area contributed by atoms with Crippen LogP contribution in [0.5, 0.6) is 11.9 Å². The average molecular weight is 492 g/mol. The lowest BCUT2D eigenvalue weighted by Crippen LogP contribution is -2.09. The highest BCUT2D eigenvalue weighted by molar-refractivity contribution is 5.79. The molecule has 6 aromatic rings. The van der Waals surface area contributed by atoms with E-state index in [1.807, 2.05) is 79.7 Å². The maximum atomic E-state index is 9.49. The van der Waals surface area contributed by atoms with Crippen molar-refractivity contribution in [2.75, 3.05) is 4.90 Å². The minimum absolute atomic E-state index is 0.235. The van der Waals surface area contributed by atoms with E-state index in [0.29, 0.717) is 17.7 Å². The number of aromatic nitrogens is 3. The summed E-state index contributed by atoms with van der Waals surface area (Å²) in [5.41, 5.74) is 5.03. The molecule has 0 fully saturated rings. The van der Waals surface area contributed by atoms with E-state index >= 15 is 0 Å². The first-order valence-electron chi connectivity index (χ1n) is 11.4. The van der Waals surface area contributed by atoms with Gasteiger partial charge in [-0.3, -0.25) is 0 Å². The molecule has 0 aliphatic heterocycles. The second kappa shape index (κ2) is 9.04. The van der Waals surface area contributed by atoms with Crippen molar-refractivity contribution in [3.05, 3.63) is 97.1 Å². The van der Waals surface area contributed by atoms with Gasteiger partial charge in [0.2, 0.25) is 17.7 Å². The van der Waals surface area contributed by atoms with Gasteiger partial charge in [0.15, 0.2) is 0 Å². The molecule has 0 bridgehead atoms. The molecule has 0 unspecified atom stereocenters. The van der Waals surface area contributed by atoms with Crippen LogP contribution in [0.4, 0.5) is 17.1 Å². The third-order valence-electron chi connectivity index (χ3n) is 5.73. The van der Waals surface area contributed by atoms with Crippen LogP contribution in [0.25, 0.3) is 34.4 Å². The SMILES string of the molecule is Cc1cnc(-c2ccc(N(c3ccc(-c4ncc(O)o4)cc3)c3ccc(-c4ncc(O)o4)cc3)cc2)o1. The highest BCUT2D eigenvalue weighted by atomic mass is 16.5. The molecule has 6 rings (SSSR count). The highest BCUT2D eigenvalue weighted by Crippen LogP contribution is 2.37. The minimum Gasteiger partial charge on any atom is -0.480 e. The molecule has 2 N–H and O–H groups in total. The molecule has 37 heavy (non-hydrogen) atoms. The van der Waals surface area contributed by atoms with Crippen molar-refractivity contribution in [1.29, 1.82) is 0 Å². The summed E-state index contributed by atoms with van der Waals surface area (Å²) in [7, 11) is 0.